The number of ether oxygens (including phenoxy) is 1. The van der Waals surface area contributed by atoms with Gasteiger partial charge in [0, 0.05) is 41.5 Å². The summed E-state index contributed by atoms with van der Waals surface area (Å²) in [4.78, 5) is 17.9. The number of aromatic amines is 1. The van der Waals surface area contributed by atoms with Crippen LogP contribution in [-0.4, -0.2) is 49.3 Å². The summed E-state index contributed by atoms with van der Waals surface area (Å²) in [6.07, 6.45) is 1.58. The van der Waals surface area contributed by atoms with Crippen LogP contribution in [0.3, 0.4) is 0 Å². The molecule has 0 amide bonds. The van der Waals surface area contributed by atoms with Gasteiger partial charge in [-0.2, -0.15) is 0 Å². The van der Waals surface area contributed by atoms with Crippen molar-refractivity contribution < 1.29 is 21.9 Å². The Morgan fingerprint density at radius 3 is 2.50 bits per heavy atom. The molecule has 0 aliphatic heterocycles. The summed E-state index contributed by atoms with van der Waals surface area (Å²) in [6.45, 7) is 2.02. The lowest BCUT2D eigenvalue weighted by Gasteiger charge is -2.16. The van der Waals surface area contributed by atoms with Gasteiger partial charge in [-0.15, -0.1) is 0 Å². The van der Waals surface area contributed by atoms with Gasteiger partial charge in [0.2, 0.25) is 10.0 Å². The zero-order valence-electron chi connectivity index (χ0n) is 21.2. The Hall–Kier alpha value is -4.14. The van der Waals surface area contributed by atoms with Crippen molar-refractivity contribution in [3.8, 4) is 34.5 Å². The summed E-state index contributed by atoms with van der Waals surface area (Å²) < 4.78 is 62.1. The van der Waals surface area contributed by atoms with Crippen molar-refractivity contribution in [2.24, 2.45) is 7.05 Å². The van der Waals surface area contributed by atoms with Gasteiger partial charge in [-0.1, -0.05) is 5.92 Å². The zero-order chi connectivity index (χ0) is 27.6. The smallest absolute Gasteiger partial charge is 0.274 e. The maximum absolute atomic E-state index is 14.4. The van der Waals surface area contributed by atoms with E-state index in [0.717, 1.165) is 12.1 Å². The number of benzene rings is 2. The average molecular weight is 541 g/mol. The molecular weight excluding hydrogens is 514 g/mol. The number of pyridine rings is 1. The van der Waals surface area contributed by atoms with Crippen LogP contribution in [0.1, 0.15) is 12.6 Å². The summed E-state index contributed by atoms with van der Waals surface area (Å²) in [6, 6.07) is 9.14. The highest BCUT2D eigenvalue weighted by Gasteiger charge is 2.19. The number of hydrogen-bond donors (Lipinski definition) is 2. The minimum Gasteiger partial charge on any atom is -0.454 e. The quantitative estimate of drug-likeness (QED) is 0.341. The number of H-pyrrole nitrogens is 1. The molecule has 4 aromatic rings. The van der Waals surface area contributed by atoms with Crippen LogP contribution in [-0.2, 0) is 17.1 Å². The predicted octanol–water partition coefficient (Wildman–Crippen LogP) is 4.28. The van der Waals surface area contributed by atoms with E-state index < -0.39 is 21.7 Å². The molecule has 2 N–H and O–H groups in total. The lowest BCUT2D eigenvalue weighted by atomic mass is 10.0. The fraction of sp³-hybridized carbons (Fsp3) is 0.222. The molecule has 0 spiro atoms. The van der Waals surface area contributed by atoms with E-state index in [1.165, 1.54) is 29.7 Å². The van der Waals surface area contributed by atoms with Gasteiger partial charge >= 0.3 is 0 Å². The van der Waals surface area contributed by atoms with Crippen LogP contribution in [0.4, 0.5) is 14.5 Å². The van der Waals surface area contributed by atoms with Gasteiger partial charge in [-0.25, -0.2) is 17.2 Å². The Kier molecular flexibility index (Phi) is 7.57. The number of aryl methyl sites for hydroxylation is 1. The standard InChI is InChI=1S/C27H26F2N4O4S/c1-5-38(35,36)31-19-9-11-24(37-25-10-8-17(28)13-23(25)29)20(15-19)22-16-33(4)27(34)26-21(22)14-18(30-26)7-6-12-32(2)3/h8-11,13-16,30-31H,5,12H2,1-4H3. The zero-order valence-corrected chi connectivity index (χ0v) is 22.0. The van der Waals surface area contributed by atoms with E-state index in [1.54, 1.807) is 19.3 Å². The second-order valence-electron chi connectivity index (χ2n) is 8.86. The van der Waals surface area contributed by atoms with Gasteiger partial charge in [0.1, 0.15) is 17.1 Å². The van der Waals surface area contributed by atoms with Crippen molar-refractivity contribution in [2.45, 2.75) is 6.92 Å². The van der Waals surface area contributed by atoms with Gasteiger partial charge < -0.3 is 14.3 Å². The molecule has 0 unspecified atom stereocenters. The van der Waals surface area contributed by atoms with E-state index in [0.29, 0.717) is 34.8 Å². The highest BCUT2D eigenvalue weighted by atomic mass is 32.2. The van der Waals surface area contributed by atoms with E-state index in [9.17, 15) is 22.0 Å². The molecule has 0 aliphatic rings. The summed E-state index contributed by atoms with van der Waals surface area (Å²) in [7, 11) is 1.75. The average Bonchev–Trinajstić information content (AvgIpc) is 3.28. The topological polar surface area (TPSA) is 96.4 Å². The first-order valence-corrected chi connectivity index (χ1v) is 13.3. The Labute approximate surface area is 218 Å². The molecule has 8 nitrogen and oxygen atoms in total. The highest BCUT2D eigenvalue weighted by Crippen LogP contribution is 2.39. The molecule has 0 saturated heterocycles. The minimum absolute atomic E-state index is 0.141. The second kappa shape index (κ2) is 10.7. The van der Waals surface area contributed by atoms with E-state index >= 15 is 0 Å². The van der Waals surface area contributed by atoms with Crippen LogP contribution in [0, 0.1) is 23.5 Å². The number of nitrogens with zero attached hydrogens (tertiary/aromatic N) is 2. The first-order valence-electron chi connectivity index (χ1n) is 11.6. The van der Waals surface area contributed by atoms with E-state index in [-0.39, 0.29) is 34.0 Å². The summed E-state index contributed by atoms with van der Waals surface area (Å²) >= 11 is 0. The first-order chi connectivity index (χ1) is 18.0. The summed E-state index contributed by atoms with van der Waals surface area (Å²) in [5.74, 6) is 4.16. The Morgan fingerprint density at radius 2 is 1.82 bits per heavy atom. The van der Waals surface area contributed by atoms with Crippen LogP contribution in [0.25, 0.3) is 22.0 Å². The lowest BCUT2D eigenvalue weighted by molar-refractivity contribution is 0.439. The molecule has 2 aromatic heterocycles. The van der Waals surface area contributed by atoms with Crippen LogP contribution < -0.4 is 15.0 Å². The molecule has 0 bridgehead atoms. The van der Waals surface area contributed by atoms with Crippen molar-refractivity contribution in [3.05, 3.63) is 76.3 Å². The Balaban J connectivity index is 1.93. The van der Waals surface area contributed by atoms with Crippen LogP contribution in [0.2, 0.25) is 0 Å². The summed E-state index contributed by atoms with van der Waals surface area (Å²) in [5, 5.41) is 0.516. The molecule has 198 valence electrons. The normalized spacial score (nSPS) is 11.4. The second-order valence-corrected chi connectivity index (χ2v) is 10.9. The predicted molar refractivity (Wildman–Crippen MR) is 144 cm³/mol. The van der Waals surface area contributed by atoms with Gasteiger partial charge in [0.15, 0.2) is 11.6 Å². The molecule has 2 heterocycles. The number of halogens is 2. The monoisotopic (exact) mass is 540 g/mol. The number of aromatic nitrogens is 2. The molecular formula is C27H26F2N4O4S. The molecule has 2 aromatic carbocycles. The molecule has 38 heavy (non-hydrogen) atoms. The van der Waals surface area contributed by atoms with Gasteiger partial charge in [0.05, 0.1) is 18.0 Å². The number of nitrogens with one attached hydrogen (secondary N) is 2. The third kappa shape index (κ3) is 5.88. The Morgan fingerprint density at radius 1 is 1.08 bits per heavy atom. The van der Waals surface area contributed by atoms with Crippen LogP contribution in [0.5, 0.6) is 11.5 Å². The SMILES string of the molecule is CCS(=O)(=O)Nc1ccc(Oc2ccc(F)cc2F)c(-c2cn(C)c(=O)c3[nH]c(C#CCN(C)C)cc23)c1. The molecule has 0 aliphatic carbocycles. The molecule has 0 atom stereocenters. The number of sulfonamides is 1. The van der Waals surface area contributed by atoms with Crippen molar-refractivity contribution in [1.82, 2.24) is 14.5 Å². The van der Waals surface area contributed by atoms with Crippen molar-refractivity contribution in [2.75, 3.05) is 31.1 Å². The maximum Gasteiger partial charge on any atom is 0.274 e. The van der Waals surface area contributed by atoms with Gasteiger partial charge in [0.25, 0.3) is 5.56 Å². The summed E-state index contributed by atoms with van der Waals surface area (Å²) in [5.41, 5.74) is 1.64. The molecule has 11 heteroatoms. The fourth-order valence-corrected chi connectivity index (χ4v) is 4.36. The fourth-order valence-electron chi connectivity index (χ4n) is 3.73. The largest absolute Gasteiger partial charge is 0.454 e. The first kappa shape index (κ1) is 26.9. The third-order valence-electron chi connectivity index (χ3n) is 5.62. The third-order valence-corrected chi connectivity index (χ3v) is 6.93. The molecule has 0 fully saturated rings. The van der Waals surface area contributed by atoms with Gasteiger partial charge in [-0.05, 0) is 63.3 Å². The lowest BCUT2D eigenvalue weighted by Crippen LogP contribution is -2.17. The molecule has 0 radical (unpaired) electrons. The van der Waals surface area contributed by atoms with Crippen LogP contribution in [0.15, 0.2) is 53.5 Å². The van der Waals surface area contributed by atoms with Crippen LogP contribution >= 0.6 is 0 Å². The molecule has 0 saturated carbocycles. The van der Waals surface area contributed by atoms with Crippen molar-refractivity contribution >= 4 is 26.6 Å². The van der Waals surface area contributed by atoms with E-state index in [1.807, 2.05) is 19.0 Å². The van der Waals surface area contributed by atoms with E-state index in [4.69, 9.17) is 4.74 Å². The number of fused-ring (bicyclic) bond motifs is 1. The minimum atomic E-state index is -3.60. The van der Waals surface area contributed by atoms with Crippen molar-refractivity contribution in [1.29, 1.82) is 0 Å². The van der Waals surface area contributed by atoms with Gasteiger partial charge in [-0.3, -0.25) is 14.4 Å². The van der Waals surface area contributed by atoms with Crippen molar-refractivity contribution in [3.63, 3.8) is 0 Å². The number of rotatable bonds is 7. The molecule has 4 rings (SSSR count). The van der Waals surface area contributed by atoms with E-state index in [2.05, 4.69) is 21.5 Å². The maximum atomic E-state index is 14.4. The number of hydrogen-bond acceptors (Lipinski definition) is 5. The Bertz CT molecular complexity index is 1750. The highest BCUT2D eigenvalue weighted by molar-refractivity contribution is 7.92. The number of anilines is 1.